The summed E-state index contributed by atoms with van der Waals surface area (Å²) in [7, 11) is -3.00. The van der Waals surface area contributed by atoms with Gasteiger partial charge in [-0.1, -0.05) is 11.8 Å². The summed E-state index contributed by atoms with van der Waals surface area (Å²) in [6.45, 7) is 0. The monoisotopic (exact) mass is 412 g/mol. The number of nitrogens with one attached hydrogen (secondary N) is 1. The third-order valence-electron chi connectivity index (χ3n) is 4.75. The molecule has 2 aromatic heterocycles. The van der Waals surface area contributed by atoms with Gasteiger partial charge in [-0.3, -0.25) is 4.79 Å². The summed E-state index contributed by atoms with van der Waals surface area (Å²) in [6.07, 6.45) is 4.96. The van der Waals surface area contributed by atoms with Crippen LogP contribution in [0, 0.1) is 0 Å². The molecule has 0 saturated carbocycles. The van der Waals surface area contributed by atoms with Crippen LogP contribution in [0.4, 0.5) is 5.82 Å². The highest BCUT2D eigenvalue weighted by Crippen LogP contribution is 2.38. The van der Waals surface area contributed by atoms with Crippen LogP contribution in [0.25, 0.3) is 10.2 Å². The van der Waals surface area contributed by atoms with E-state index < -0.39 is 9.84 Å². The van der Waals surface area contributed by atoms with Crippen LogP contribution < -0.4 is 11.1 Å². The zero-order chi connectivity index (χ0) is 18.3. The normalized spacial score (nSPS) is 21.6. The quantitative estimate of drug-likeness (QED) is 0.578. The molecule has 26 heavy (non-hydrogen) atoms. The third kappa shape index (κ3) is 3.67. The lowest BCUT2D eigenvalue weighted by atomic mass is 9.97. The summed E-state index contributed by atoms with van der Waals surface area (Å²) >= 11 is 2.91. The number of aromatic nitrogens is 2. The van der Waals surface area contributed by atoms with Crippen LogP contribution in [-0.4, -0.2) is 47.6 Å². The maximum atomic E-state index is 12.1. The molecule has 2 aromatic rings. The topological polar surface area (TPSA) is 115 Å². The number of fused-ring (bicyclic) bond motifs is 3. The molecule has 4 rings (SSSR count). The van der Waals surface area contributed by atoms with Gasteiger partial charge in [0.2, 0.25) is 5.91 Å². The van der Waals surface area contributed by atoms with Crippen molar-refractivity contribution in [2.24, 2.45) is 0 Å². The molecule has 0 spiro atoms. The van der Waals surface area contributed by atoms with Gasteiger partial charge < -0.3 is 11.1 Å². The van der Waals surface area contributed by atoms with E-state index in [9.17, 15) is 13.2 Å². The lowest BCUT2D eigenvalue weighted by Gasteiger charge is -2.11. The number of nitrogen functional groups attached to an aromatic ring is 1. The molecule has 2 aliphatic rings. The number of nitrogens with two attached hydrogens (primary N) is 1. The second kappa shape index (κ2) is 6.97. The molecular formula is C16H20N4O3S3. The van der Waals surface area contributed by atoms with Crippen molar-refractivity contribution < 1.29 is 13.2 Å². The van der Waals surface area contributed by atoms with E-state index in [2.05, 4.69) is 15.3 Å². The molecule has 1 aliphatic carbocycles. The maximum absolute atomic E-state index is 12.1. The number of thioether (sulfide) groups is 1. The van der Waals surface area contributed by atoms with Crippen molar-refractivity contribution in [3.05, 3.63) is 10.4 Å². The summed E-state index contributed by atoms with van der Waals surface area (Å²) in [5, 5.41) is 4.24. The number of sulfone groups is 1. The first-order valence-electron chi connectivity index (χ1n) is 8.61. The Kier molecular flexibility index (Phi) is 4.83. The molecule has 1 amide bonds. The van der Waals surface area contributed by atoms with E-state index in [4.69, 9.17) is 5.73 Å². The van der Waals surface area contributed by atoms with E-state index in [1.165, 1.54) is 35.0 Å². The molecule has 0 radical (unpaired) electrons. The summed E-state index contributed by atoms with van der Waals surface area (Å²) in [5.41, 5.74) is 7.47. The Morgan fingerprint density at radius 3 is 2.88 bits per heavy atom. The maximum Gasteiger partial charge on any atom is 0.230 e. The average Bonchev–Trinajstić information content (AvgIpc) is 3.12. The number of amides is 1. The van der Waals surface area contributed by atoms with Gasteiger partial charge in [0.25, 0.3) is 0 Å². The number of anilines is 1. The number of nitrogens with zero attached hydrogens (tertiary/aromatic N) is 2. The van der Waals surface area contributed by atoms with Crippen molar-refractivity contribution in [2.75, 3.05) is 23.0 Å². The van der Waals surface area contributed by atoms with Crippen LogP contribution in [0.3, 0.4) is 0 Å². The average molecular weight is 413 g/mol. The van der Waals surface area contributed by atoms with E-state index in [1.54, 1.807) is 11.3 Å². The fraction of sp³-hybridized carbons (Fsp3) is 0.562. The Morgan fingerprint density at radius 1 is 1.31 bits per heavy atom. The smallest absolute Gasteiger partial charge is 0.230 e. The summed E-state index contributed by atoms with van der Waals surface area (Å²) in [5.74, 6) is 0.598. The Bertz CT molecular complexity index is 971. The highest BCUT2D eigenvalue weighted by Gasteiger charge is 2.29. The van der Waals surface area contributed by atoms with E-state index in [1.807, 2.05) is 0 Å². The number of carbonyl (C=O) groups is 1. The van der Waals surface area contributed by atoms with Crippen LogP contribution in [0.2, 0.25) is 0 Å². The Labute approximate surface area is 160 Å². The fourth-order valence-electron chi connectivity index (χ4n) is 3.54. The molecular weight excluding hydrogens is 392 g/mol. The zero-order valence-corrected chi connectivity index (χ0v) is 16.6. The molecule has 3 heterocycles. The molecule has 7 nitrogen and oxygen atoms in total. The van der Waals surface area contributed by atoms with Crippen molar-refractivity contribution in [2.45, 2.75) is 43.3 Å². The van der Waals surface area contributed by atoms with Crippen LogP contribution >= 0.6 is 23.1 Å². The number of rotatable bonds is 4. The van der Waals surface area contributed by atoms with Gasteiger partial charge in [0, 0.05) is 10.9 Å². The minimum absolute atomic E-state index is 0.0273. The summed E-state index contributed by atoms with van der Waals surface area (Å²) < 4.78 is 22.9. The van der Waals surface area contributed by atoms with Gasteiger partial charge in [0.05, 0.1) is 22.6 Å². The number of carbonyl (C=O) groups excluding carboxylic acids is 1. The van der Waals surface area contributed by atoms with Crippen molar-refractivity contribution in [3.8, 4) is 0 Å². The first-order valence-corrected chi connectivity index (χ1v) is 12.2. The van der Waals surface area contributed by atoms with Crippen molar-refractivity contribution in [3.63, 3.8) is 0 Å². The molecule has 1 unspecified atom stereocenters. The lowest BCUT2D eigenvalue weighted by molar-refractivity contribution is -0.119. The first-order chi connectivity index (χ1) is 12.4. The number of aryl methyl sites for hydroxylation is 2. The Morgan fingerprint density at radius 2 is 2.12 bits per heavy atom. The van der Waals surface area contributed by atoms with Gasteiger partial charge in [0.1, 0.15) is 10.6 Å². The molecule has 1 aliphatic heterocycles. The SMILES string of the molecule is Nc1nc(SCC(=O)NC2CCS(=O)(=O)C2)nc2sc3c(c12)CCCC3. The largest absolute Gasteiger partial charge is 0.383 e. The van der Waals surface area contributed by atoms with E-state index >= 15 is 0 Å². The second-order valence-corrected chi connectivity index (χ2v) is 11.0. The standard InChI is InChI=1S/C16H20N4O3S3/c17-14-13-10-3-1-2-4-11(10)25-15(13)20-16(19-14)24-7-12(21)18-9-5-6-26(22,23)8-9/h9H,1-8H2,(H,18,21)(H2,17,19,20). The van der Waals surface area contributed by atoms with Gasteiger partial charge in [-0.15, -0.1) is 11.3 Å². The first kappa shape index (κ1) is 18.0. The predicted octanol–water partition coefficient (Wildman–Crippen LogP) is 1.55. The van der Waals surface area contributed by atoms with Gasteiger partial charge in [0.15, 0.2) is 15.0 Å². The molecule has 1 atom stereocenters. The van der Waals surface area contributed by atoms with Crippen molar-refractivity contribution in [1.82, 2.24) is 15.3 Å². The van der Waals surface area contributed by atoms with Gasteiger partial charge >= 0.3 is 0 Å². The van der Waals surface area contributed by atoms with Crippen molar-refractivity contribution >= 4 is 54.9 Å². The summed E-state index contributed by atoms with van der Waals surface area (Å²) in [6, 6.07) is -0.286. The predicted molar refractivity (Wildman–Crippen MR) is 104 cm³/mol. The minimum Gasteiger partial charge on any atom is -0.383 e. The lowest BCUT2D eigenvalue weighted by Crippen LogP contribution is -2.36. The molecule has 3 N–H and O–H groups in total. The van der Waals surface area contributed by atoms with Gasteiger partial charge in [-0.2, -0.15) is 0 Å². The van der Waals surface area contributed by atoms with Gasteiger partial charge in [-0.25, -0.2) is 18.4 Å². The third-order valence-corrected chi connectivity index (χ3v) is 8.55. The molecule has 0 bridgehead atoms. The van der Waals surface area contributed by atoms with Crippen LogP contribution in [0.5, 0.6) is 0 Å². The minimum atomic E-state index is -3.00. The van der Waals surface area contributed by atoms with Gasteiger partial charge in [-0.05, 0) is 37.7 Å². The summed E-state index contributed by atoms with van der Waals surface area (Å²) in [4.78, 5) is 23.3. The number of thiophene rings is 1. The van der Waals surface area contributed by atoms with Crippen LogP contribution in [-0.2, 0) is 27.5 Å². The number of hydrogen-bond acceptors (Lipinski definition) is 8. The zero-order valence-electron chi connectivity index (χ0n) is 14.2. The van der Waals surface area contributed by atoms with Crippen LogP contribution in [0.15, 0.2) is 5.16 Å². The highest BCUT2D eigenvalue weighted by molar-refractivity contribution is 7.99. The molecule has 140 valence electrons. The van der Waals surface area contributed by atoms with E-state index in [0.717, 1.165) is 23.1 Å². The Balaban J connectivity index is 1.43. The van der Waals surface area contributed by atoms with E-state index in [0.29, 0.717) is 17.4 Å². The second-order valence-electron chi connectivity index (χ2n) is 6.74. The van der Waals surface area contributed by atoms with E-state index in [-0.39, 0.29) is 29.2 Å². The van der Waals surface area contributed by atoms with Crippen molar-refractivity contribution in [1.29, 1.82) is 0 Å². The highest BCUT2D eigenvalue weighted by atomic mass is 32.2. The number of hydrogen-bond donors (Lipinski definition) is 2. The fourth-order valence-corrected chi connectivity index (χ4v) is 7.20. The molecule has 1 saturated heterocycles. The van der Waals surface area contributed by atoms with Crippen LogP contribution in [0.1, 0.15) is 29.7 Å². The molecule has 0 aromatic carbocycles. The molecule has 10 heteroatoms. The molecule has 1 fully saturated rings. The Hall–Kier alpha value is -1.39.